The minimum atomic E-state index is -1.00. The van der Waals surface area contributed by atoms with Gasteiger partial charge in [0, 0.05) is 29.9 Å². The minimum absolute atomic E-state index is 0.155. The van der Waals surface area contributed by atoms with E-state index in [1.165, 1.54) is 30.3 Å². The molecule has 5 rings (SSSR count). The summed E-state index contributed by atoms with van der Waals surface area (Å²) in [5, 5.41) is 12.2. The Morgan fingerprint density at radius 3 is 2.70 bits per heavy atom. The maximum Gasteiger partial charge on any atom is 0.335 e. The molecular formula is C25H20F2N4O2. The number of fused-ring (bicyclic) bond motifs is 3. The molecule has 0 amide bonds. The van der Waals surface area contributed by atoms with Gasteiger partial charge in [-0.15, -0.1) is 0 Å². The summed E-state index contributed by atoms with van der Waals surface area (Å²) in [6, 6.07) is 10.4. The van der Waals surface area contributed by atoms with Crippen molar-refractivity contribution in [1.29, 1.82) is 0 Å². The Labute approximate surface area is 188 Å². The van der Waals surface area contributed by atoms with Gasteiger partial charge in [-0.2, -0.15) is 0 Å². The van der Waals surface area contributed by atoms with E-state index in [2.05, 4.69) is 10.3 Å². The van der Waals surface area contributed by atoms with Crippen molar-refractivity contribution < 1.29 is 18.7 Å². The van der Waals surface area contributed by atoms with Gasteiger partial charge >= 0.3 is 5.97 Å². The van der Waals surface area contributed by atoms with E-state index in [0.29, 0.717) is 35.9 Å². The highest BCUT2D eigenvalue weighted by Gasteiger charge is 2.34. The van der Waals surface area contributed by atoms with Crippen LogP contribution in [0.4, 0.5) is 14.5 Å². The van der Waals surface area contributed by atoms with E-state index in [1.54, 1.807) is 30.5 Å². The minimum Gasteiger partial charge on any atom is -0.478 e. The van der Waals surface area contributed by atoms with Crippen LogP contribution < -0.4 is 5.32 Å². The van der Waals surface area contributed by atoms with Gasteiger partial charge in [-0.1, -0.05) is 18.2 Å². The highest BCUT2D eigenvalue weighted by atomic mass is 19.1. The second kappa shape index (κ2) is 8.54. The standard InChI is InChI=1S/C25H20F2N4O2/c26-16-7-10-18-20(11-16)23(19-3-1-2-4-21(19)27)28-12-15-13-29-25(31-22(15)18)30-17-8-5-14(6-9-17)24(32)33/h1-2,4-11,13,15,19,22H,3,12H2,(H,30,31)(H,32,33). The van der Waals surface area contributed by atoms with Crippen molar-refractivity contribution in [1.82, 2.24) is 0 Å². The summed E-state index contributed by atoms with van der Waals surface area (Å²) in [5.74, 6) is -2.07. The summed E-state index contributed by atoms with van der Waals surface area (Å²) >= 11 is 0. The van der Waals surface area contributed by atoms with Crippen molar-refractivity contribution in [3.63, 3.8) is 0 Å². The zero-order valence-electron chi connectivity index (χ0n) is 17.5. The first kappa shape index (κ1) is 20.9. The normalized spacial score (nSPS) is 23.5. The zero-order valence-corrected chi connectivity index (χ0v) is 17.5. The molecule has 166 valence electrons. The lowest BCUT2D eigenvalue weighted by molar-refractivity contribution is 0.0697. The van der Waals surface area contributed by atoms with E-state index in [-0.39, 0.29) is 23.4 Å². The first-order valence-electron chi connectivity index (χ1n) is 10.6. The van der Waals surface area contributed by atoms with Gasteiger partial charge < -0.3 is 10.4 Å². The number of carboxylic acid groups (broad SMARTS) is 1. The van der Waals surface area contributed by atoms with Crippen LogP contribution in [0, 0.1) is 17.7 Å². The molecule has 2 N–H and O–H groups in total. The van der Waals surface area contributed by atoms with Crippen LogP contribution in [0.25, 0.3) is 0 Å². The fraction of sp³-hybridized carbons (Fsp3) is 0.200. The molecular weight excluding hydrogens is 426 g/mol. The van der Waals surface area contributed by atoms with Crippen molar-refractivity contribution in [3.05, 3.63) is 89.0 Å². The second-order valence-corrected chi connectivity index (χ2v) is 8.07. The molecule has 2 aromatic carbocycles. The molecule has 0 saturated heterocycles. The topological polar surface area (TPSA) is 86.4 Å². The Bertz CT molecular complexity index is 1260. The molecule has 0 spiro atoms. The van der Waals surface area contributed by atoms with Crippen LogP contribution in [0.3, 0.4) is 0 Å². The van der Waals surface area contributed by atoms with Crippen LogP contribution >= 0.6 is 0 Å². The fourth-order valence-electron chi connectivity index (χ4n) is 4.29. The Kier molecular flexibility index (Phi) is 5.42. The average Bonchev–Trinajstić information content (AvgIpc) is 2.96. The smallest absolute Gasteiger partial charge is 0.335 e. The maximum absolute atomic E-state index is 14.6. The lowest BCUT2D eigenvalue weighted by Gasteiger charge is -2.24. The first-order valence-corrected chi connectivity index (χ1v) is 10.6. The molecule has 0 saturated carbocycles. The molecule has 1 aliphatic carbocycles. The van der Waals surface area contributed by atoms with Crippen LogP contribution in [0.5, 0.6) is 0 Å². The number of guanidine groups is 1. The molecule has 0 fully saturated rings. The summed E-state index contributed by atoms with van der Waals surface area (Å²) in [6.45, 7) is 0.359. The van der Waals surface area contributed by atoms with Gasteiger partial charge in [0.15, 0.2) is 0 Å². The molecule has 3 atom stereocenters. The first-order chi connectivity index (χ1) is 16.0. The van der Waals surface area contributed by atoms with E-state index in [1.807, 2.05) is 6.08 Å². The van der Waals surface area contributed by atoms with E-state index >= 15 is 0 Å². The molecule has 0 aromatic heterocycles. The number of halogens is 2. The predicted octanol–water partition coefficient (Wildman–Crippen LogP) is 4.97. The number of allylic oxidation sites excluding steroid dienone is 4. The molecule has 2 aliphatic heterocycles. The van der Waals surface area contributed by atoms with Crippen molar-refractivity contribution in [2.45, 2.75) is 12.5 Å². The Morgan fingerprint density at radius 2 is 1.94 bits per heavy atom. The number of carbonyl (C=O) groups is 1. The highest BCUT2D eigenvalue weighted by Crippen LogP contribution is 2.37. The summed E-state index contributed by atoms with van der Waals surface area (Å²) in [6.07, 6.45) is 7.20. The molecule has 33 heavy (non-hydrogen) atoms. The maximum atomic E-state index is 14.6. The van der Waals surface area contributed by atoms with Gasteiger partial charge in [0.2, 0.25) is 5.96 Å². The number of nitrogens with one attached hydrogen (secondary N) is 1. The van der Waals surface area contributed by atoms with Crippen LogP contribution in [-0.4, -0.2) is 35.5 Å². The van der Waals surface area contributed by atoms with Crippen LogP contribution in [0.15, 0.2) is 81.5 Å². The number of aliphatic imine (C=N–C) groups is 3. The largest absolute Gasteiger partial charge is 0.478 e. The zero-order chi connectivity index (χ0) is 22.9. The quantitative estimate of drug-likeness (QED) is 0.698. The number of benzene rings is 2. The van der Waals surface area contributed by atoms with Gasteiger partial charge in [0.1, 0.15) is 11.6 Å². The third kappa shape index (κ3) is 4.11. The van der Waals surface area contributed by atoms with Crippen molar-refractivity contribution in [2.75, 3.05) is 11.9 Å². The monoisotopic (exact) mass is 446 g/mol. The fourth-order valence-corrected chi connectivity index (χ4v) is 4.29. The number of carboxylic acids is 1. The van der Waals surface area contributed by atoms with Crippen molar-refractivity contribution in [2.24, 2.45) is 26.8 Å². The van der Waals surface area contributed by atoms with Gasteiger partial charge in [-0.3, -0.25) is 4.99 Å². The van der Waals surface area contributed by atoms with E-state index < -0.39 is 17.7 Å². The van der Waals surface area contributed by atoms with Gasteiger partial charge in [-0.05, 0) is 54.5 Å². The SMILES string of the molecule is O=C(O)c1ccc(NC2=NC3c4ccc(F)cc4C(C4CC=CC=C4F)=NCC3C=N2)cc1. The highest BCUT2D eigenvalue weighted by molar-refractivity contribution is 6.06. The van der Waals surface area contributed by atoms with E-state index in [9.17, 15) is 13.6 Å². The Balaban J connectivity index is 1.49. The number of nitrogens with zero attached hydrogens (tertiary/aromatic N) is 3. The average molecular weight is 446 g/mol. The predicted molar refractivity (Wildman–Crippen MR) is 123 cm³/mol. The molecule has 0 radical (unpaired) electrons. The number of hydrogen-bond donors (Lipinski definition) is 2. The molecule has 3 unspecified atom stereocenters. The molecule has 6 nitrogen and oxygen atoms in total. The molecule has 2 aromatic rings. The van der Waals surface area contributed by atoms with E-state index in [0.717, 1.165) is 5.56 Å². The lowest BCUT2D eigenvalue weighted by atomic mass is 9.85. The number of anilines is 1. The van der Waals surface area contributed by atoms with Crippen molar-refractivity contribution in [3.8, 4) is 0 Å². The van der Waals surface area contributed by atoms with Crippen LogP contribution in [0.1, 0.15) is 33.9 Å². The Morgan fingerprint density at radius 1 is 1.12 bits per heavy atom. The number of aromatic carboxylic acids is 1. The molecule has 0 bridgehead atoms. The van der Waals surface area contributed by atoms with Gasteiger partial charge in [-0.25, -0.2) is 23.6 Å². The third-order valence-corrected chi connectivity index (χ3v) is 5.95. The van der Waals surface area contributed by atoms with E-state index in [4.69, 9.17) is 15.1 Å². The Hall–Kier alpha value is -3.94. The van der Waals surface area contributed by atoms with Gasteiger partial charge in [0.05, 0.1) is 23.2 Å². The number of hydrogen-bond acceptors (Lipinski definition) is 5. The second-order valence-electron chi connectivity index (χ2n) is 8.07. The van der Waals surface area contributed by atoms with Gasteiger partial charge in [0.25, 0.3) is 0 Å². The van der Waals surface area contributed by atoms with Crippen LogP contribution in [0.2, 0.25) is 0 Å². The molecule has 8 heteroatoms. The number of rotatable bonds is 3. The summed E-state index contributed by atoms with van der Waals surface area (Å²) in [5.41, 5.74) is 2.68. The third-order valence-electron chi connectivity index (χ3n) is 5.95. The lowest BCUT2D eigenvalue weighted by Crippen LogP contribution is -2.25. The van der Waals surface area contributed by atoms with Crippen LogP contribution in [-0.2, 0) is 0 Å². The summed E-state index contributed by atoms with van der Waals surface area (Å²) < 4.78 is 28.9. The summed E-state index contributed by atoms with van der Waals surface area (Å²) in [7, 11) is 0. The molecule has 3 aliphatic rings. The molecule has 2 heterocycles. The van der Waals surface area contributed by atoms with Crippen molar-refractivity contribution >= 4 is 29.5 Å². The summed E-state index contributed by atoms with van der Waals surface area (Å²) in [4.78, 5) is 24.9.